The van der Waals surface area contributed by atoms with Gasteiger partial charge in [-0.15, -0.1) is 11.8 Å². The molecule has 0 aliphatic carbocycles. The highest BCUT2D eigenvalue weighted by molar-refractivity contribution is 8.04. The molecule has 108 valence electrons. The van der Waals surface area contributed by atoms with Crippen LogP contribution in [-0.2, 0) is 4.79 Å². The zero-order valence-electron chi connectivity index (χ0n) is 9.95. The van der Waals surface area contributed by atoms with Gasteiger partial charge in [0.15, 0.2) is 0 Å². The first-order valence-electron chi connectivity index (χ1n) is 5.11. The Balaban J connectivity index is 3.11. The van der Waals surface area contributed by atoms with Gasteiger partial charge in [-0.25, -0.2) is 8.78 Å². The van der Waals surface area contributed by atoms with Crippen molar-refractivity contribution in [2.75, 3.05) is 5.75 Å². The minimum absolute atomic E-state index is 0.180. The number of halogens is 6. The van der Waals surface area contributed by atoms with Crippen molar-refractivity contribution >= 4 is 17.5 Å². The Morgan fingerprint density at radius 1 is 1.26 bits per heavy atom. The van der Waals surface area contributed by atoms with Crippen molar-refractivity contribution in [3.05, 3.63) is 22.1 Å². The number of hydrogen-bond donors (Lipinski definition) is 0. The predicted molar refractivity (Wildman–Crippen MR) is 59.8 cm³/mol. The third-order valence-electron chi connectivity index (χ3n) is 2.67. The first kappa shape index (κ1) is 16.1. The number of ketones is 1. The molecule has 0 aromatic carbocycles. The van der Waals surface area contributed by atoms with E-state index in [1.807, 2.05) is 0 Å². The summed E-state index contributed by atoms with van der Waals surface area (Å²) in [6.07, 6.45) is -3.60. The molecule has 0 fully saturated rings. The van der Waals surface area contributed by atoms with Gasteiger partial charge in [-0.1, -0.05) is 11.1 Å². The maximum Gasteiger partial charge on any atom is 0.378 e. The Kier molecular flexibility index (Phi) is 4.44. The number of carbonyl (C=O) groups excluding carboxylic acids is 1. The van der Waals surface area contributed by atoms with Crippen LogP contribution >= 0.6 is 11.8 Å². The first-order chi connectivity index (χ1) is 8.51. The number of Topliss-reactive ketones (excluding diaryl/α,β-unsaturated/α-hetero) is 1. The molecule has 0 amide bonds. The van der Waals surface area contributed by atoms with Crippen LogP contribution in [0.3, 0.4) is 0 Å². The lowest BCUT2D eigenvalue weighted by Gasteiger charge is -2.26. The van der Waals surface area contributed by atoms with Crippen LogP contribution in [0, 0.1) is 0 Å². The number of carbonyl (C=O) groups is 1. The summed E-state index contributed by atoms with van der Waals surface area (Å²) in [6, 6.07) is 0. The van der Waals surface area contributed by atoms with Crippen LogP contribution in [0.25, 0.3) is 0 Å². The van der Waals surface area contributed by atoms with E-state index >= 15 is 0 Å². The Morgan fingerprint density at radius 2 is 1.79 bits per heavy atom. The molecule has 1 aliphatic rings. The molecular weight excluding hydrogens is 294 g/mol. The van der Waals surface area contributed by atoms with Crippen LogP contribution in [0.4, 0.5) is 26.3 Å². The second kappa shape index (κ2) is 5.22. The standard InChI is InChI=1S/C11H10F6OS/c1-5-3-7(19-4-6(5)2)8(18)10(14,15)11(16,17)9(12)13/h3,9H,4H2,1-2H3. The van der Waals surface area contributed by atoms with Crippen LogP contribution in [0.15, 0.2) is 22.1 Å². The van der Waals surface area contributed by atoms with Gasteiger partial charge in [0.1, 0.15) is 0 Å². The molecule has 0 atom stereocenters. The Bertz CT molecular complexity index is 452. The fraction of sp³-hybridized carbons (Fsp3) is 0.545. The largest absolute Gasteiger partial charge is 0.378 e. The minimum atomic E-state index is -5.68. The molecule has 19 heavy (non-hydrogen) atoms. The van der Waals surface area contributed by atoms with Crippen LogP contribution < -0.4 is 0 Å². The zero-order chi connectivity index (χ0) is 15.0. The highest BCUT2D eigenvalue weighted by Crippen LogP contribution is 2.43. The van der Waals surface area contributed by atoms with Crippen molar-refractivity contribution in [3.8, 4) is 0 Å². The lowest BCUT2D eigenvalue weighted by molar-refractivity contribution is -0.251. The van der Waals surface area contributed by atoms with Crippen molar-refractivity contribution in [1.82, 2.24) is 0 Å². The summed E-state index contributed by atoms with van der Waals surface area (Å²) in [5.41, 5.74) is 1.28. The van der Waals surface area contributed by atoms with Gasteiger partial charge in [0.2, 0.25) is 5.78 Å². The van der Waals surface area contributed by atoms with Gasteiger partial charge in [0.25, 0.3) is 0 Å². The lowest BCUT2D eigenvalue weighted by Crippen LogP contribution is -2.52. The van der Waals surface area contributed by atoms with Gasteiger partial charge in [0, 0.05) is 5.75 Å². The summed E-state index contributed by atoms with van der Waals surface area (Å²) in [6.45, 7) is 3.21. The van der Waals surface area contributed by atoms with Gasteiger partial charge in [0.05, 0.1) is 4.91 Å². The van der Waals surface area contributed by atoms with Crippen molar-refractivity contribution in [1.29, 1.82) is 0 Å². The molecule has 1 rings (SSSR count). The summed E-state index contributed by atoms with van der Waals surface area (Å²) in [5.74, 6) is -13.2. The predicted octanol–water partition coefficient (Wildman–Crippen LogP) is 4.06. The molecule has 0 saturated heterocycles. The van der Waals surface area contributed by atoms with E-state index in [2.05, 4.69) is 0 Å². The van der Waals surface area contributed by atoms with Crippen molar-refractivity contribution < 1.29 is 31.1 Å². The lowest BCUT2D eigenvalue weighted by atomic mass is 10.0. The molecule has 0 aromatic heterocycles. The Morgan fingerprint density at radius 3 is 2.21 bits per heavy atom. The van der Waals surface area contributed by atoms with Gasteiger partial charge in [-0.3, -0.25) is 4.79 Å². The van der Waals surface area contributed by atoms with E-state index in [1.165, 1.54) is 6.92 Å². The molecule has 0 bridgehead atoms. The topological polar surface area (TPSA) is 17.1 Å². The molecule has 0 aromatic rings. The average molecular weight is 304 g/mol. The van der Waals surface area contributed by atoms with E-state index in [1.54, 1.807) is 6.92 Å². The number of rotatable bonds is 4. The van der Waals surface area contributed by atoms with Crippen LogP contribution in [0.5, 0.6) is 0 Å². The smallest absolute Gasteiger partial charge is 0.287 e. The molecule has 0 unspecified atom stereocenters. The maximum absolute atomic E-state index is 13.2. The van der Waals surface area contributed by atoms with Gasteiger partial charge in [-0.05, 0) is 19.9 Å². The number of hydrogen-bond acceptors (Lipinski definition) is 2. The van der Waals surface area contributed by atoms with Crippen molar-refractivity contribution in [2.45, 2.75) is 32.1 Å². The molecule has 0 radical (unpaired) electrons. The summed E-state index contributed by atoms with van der Waals surface area (Å²) < 4.78 is 75.8. The summed E-state index contributed by atoms with van der Waals surface area (Å²) >= 11 is 0.633. The van der Waals surface area contributed by atoms with Crippen molar-refractivity contribution in [2.24, 2.45) is 0 Å². The van der Waals surface area contributed by atoms with Gasteiger partial charge >= 0.3 is 18.3 Å². The fourth-order valence-corrected chi connectivity index (χ4v) is 2.35. The number of alkyl halides is 6. The van der Waals surface area contributed by atoms with E-state index in [0.29, 0.717) is 17.3 Å². The first-order valence-corrected chi connectivity index (χ1v) is 6.09. The fourth-order valence-electron chi connectivity index (χ4n) is 1.24. The molecule has 1 aliphatic heterocycles. The van der Waals surface area contributed by atoms with E-state index in [9.17, 15) is 31.1 Å². The Hall–Kier alpha value is -0.920. The average Bonchev–Trinajstić information content (AvgIpc) is 2.31. The SMILES string of the molecule is CC1=C(C)CSC(C(=O)C(F)(F)C(F)(F)C(F)F)=C1. The van der Waals surface area contributed by atoms with Crippen LogP contribution in [-0.4, -0.2) is 29.8 Å². The van der Waals surface area contributed by atoms with E-state index in [0.717, 1.165) is 11.6 Å². The summed E-state index contributed by atoms with van der Waals surface area (Å²) in [4.78, 5) is 10.7. The Labute approximate surface area is 109 Å². The zero-order valence-corrected chi connectivity index (χ0v) is 10.8. The van der Waals surface area contributed by atoms with E-state index < -0.39 is 29.0 Å². The van der Waals surface area contributed by atoms with Crippen molar-refractivity contribution in [3.63, 3.8) is 0 Å². The minimum Gasteiger partial charge on any atom is -0.287 e. The van der Waals surface area contributed by atoms with Crippen LogP contribution in [0.1, 0.15) is 13.8 Å². The monoisotopic (exact) mass is 304 g/mol. The number of thioether (sulfide) groups is 1. The molecule has 1 heterocycles. The van der Waals surface area contributed by atoms with E-state index in [4.69, 9.17) is 0 Å². The molecule has 1 nitrogen and oxygen atoms in total. The summed E-state index contributed by atoms with van der Waals surface area (Å²) in [7, 11) is 0. The summed E-state index contributed by atoms with van der Waals surface area (Å²) in [5, 5.41) is 0. The third kappa shape index (κ3) is 2.82. The highest BCUT2D eigenvalue weighted by atomic mass is 32.2. The van der Waals surface area contributed by atoms with Gasteiger partial charge < -0.3 is 0 Å². The second-order valence-electron chi connectivity index (χ2n) is 4.09. The van der Waals surface area contributed by atoms with Gasteiger partial charge in [-0.2, -0.15) is 17.6 Å². The quantitative estimate of drug-likeness (QED) is 0.729. The molecule has 0 N–H and O–H groups in total. The second-order valence-corrected chi connectivity index (χ2v) is 5.10. The maximum atomic E-state index is 13.2. The molecule has 8 heteroatoms. The molecular formula is C11H10F6OS. The highest BCUT2D eigenvalue weighted by Gasteiger charge is 2.67. The van der Waals surface area contributed by atoms with E-state index in [-0.39, 0.29) is 5.75 Å². The number of allylic oxidation sites excluding steroid dienone is 3. The third-order valence-corrected chi connectivity index (χ3v) is 3.86. The normalized spacial score (nSPS) is 17.8. The molecule has 0 saturated carbocycles. The van der Waals surface area contributed by atoms with Crippen LogP contribution in [0.2, 0.25) is 0 Å². The molecule has 0 spiro atoms.